The molecule has 0 spiro atoms. The average Bonchev–Trinajstić information content (AvgIpc) is 3.16. The highest BCUT2D eigenvalue weighted by Gasteiger charge is 2.16. The minimum absolute atomic E-state index is 0.132. The van der Waals surface area contributed by atoms with Gasteiger partial charge >= 0.3 is 0 Å². The number of non-ortho nitro benzene ring substituents is 1. The van der Waals surface area contributed by atoms with Crippen LogP contribution in [0, 0.1) is 10.1 Å². The van der Waals surface area contributed by atoms with Crippen LogP contribution in [0.3, 0.4) is 0 Å². The molecule has 3 aromatic rings. The number of ether oxygens (including phenoxy) is 2. The number of methoxy groups -OCH3 is 1. The standard InChI is InChI=1S/C18H16N4O5/c1-26-17-11-13(22(24)25)7-8-15(17)19-18(23)16-9-10-21(20-16)12-27-14-5-3-2-4-6-14/h2-11H,12H2,1H3,(H,19,23). The molecular weight excluding hydrogens is 352 g/mol. The first-order valence-electron chi connectivity index (χ1n) is 7.92. The van der Waals surface area contributed by atoms with Gasteiger partial charge in [0, 0.05) is 12.3 Å². The van der Waals surface area contributed by atoms with E-state index < -0.39 is 10.8 Å². The number of nitro benzene ring substituents is 1. The lowest BCUT2D eigenvalue weighted by molar-refractivity contribution is -0.384. The topological polar surface area (TPSA) is 109 Å². The molecule has 0 fully saturated rings. The zero-order valence-electron chi connectivity index (χ0n) is 14.4. The van der Waals surface area contributed by atoms with Crippen molar-refractivity contribution in [2.45, 2.75) is 6.73 Å². The maximum Gasteiger partial charge on any atom is 0.276 e. The Morgan fingerprint density at radius 2 is 2.00 bits per heavy atom. The second-order valence-electron chi connectivity index (χ2n) is 5.42. The number of rotatable bonds is 7. The van der Waals surface area contributed by atoms with Gasteiger partial charge in [0.2, 0.25) is 0 Å². The van der Waals surface area contributed by atoms with Crippen molar-refractivity contribution < 1.29 is 19.2 Å². The molecule has 0 saturated carbocycles. The Labute approximate surface area is 154 Å². The van der Waals surface area contributed by atoms with E-state index in [2.05, 4.69) is 10.4 Å². The maximum absolute atomic E-state index is 12.4. The summed E-state index contributed by atoms with van der Waals surface area (Å²) in [4.78, 5) is 22.7. The van der Waals surface area contributed by atoms with Crippen LogP contribution in [-0.2, 0) is 6.73 Å². The normalized spacial score (nSPS) is 10.3. The molecule has 1 aromatic heterocycles. The van der Waals surface area contributed by atoms with Crippen molar-refractivity contribution in [2.24, 2.45) is 0 Å². The van der Waals surface area contributed by atoms with E-state index >= 15 is 0 Å². The van der Waals surface area contributed by atoms with Gasteiger partial charge in [0.1, 0.15) is 11.5 Å². The van der Waals surface area contributed by atoms with Crippen LogP contribution in [-0.4, -0.2) is 27.7 Å². The number of carbonyl (C=O) groups excluding carboxylic acids is 1. The van der Waals surface area contributed by atoms with Gasteiger partial charge in [-0.3, -0.25) is 14.9 Å². The number of anilines is 1. The predicted molar refractivity (Wildman–Crippen MR) is 96.9 cm³/mol. The minimum atomic E-state index is -0.539. The first-order valence-corrected chi connectivity index (χ1v) is 7.92. The molecule has 9 heteroatoms. The molecule has 1 amide bonds. The fraction of sp³-hybridized carbons (Fsp3) is 0.111. The Morgan fingerprint density at radius 3 is 2.70 bits per heavy atom. The Bertz CT molecular complexity index is 955. The van der Waals surface area contributed by atoms with Gasteiger partial charge in [-0.05, 0) is 24.3 Å². The second kappa shape index (κ2) is 8.00. The van der Waals surface area contributed by atoms with Gasteiger partial charge in [0.25, 0.3) is 11.6 Å². The van der Waals surface area contributed by atoms with Crippen molar-refractivity contribution in [3.8, 4) is 11.5 Å². The number of amides is 1. The molecule has 0 aliphatic carbocycles. The smallest absolute Gasteiger partial charge is 0.276 e. The lowest BCUT2D eigenvalue weighted by Gasteiger charge is -2.09. The van der Waals surface area contributed by atoms with Crippen LogP contribution in [0.5, 0.6) is 11.5 Å². The zero-order valence-corrected chi connectivity index (χ0v) is 14.4. The number of nitrogens with one attached hydrogen (secondary N) is 1. The van der Waals surface area contributed by atoms with E-state index in [0.717, 1.165) is 0 Å². The summed E-state index contributed by atoms with van der Waals surface area (Å²) in [5.41, 5.74) is 0.349. The second-order valence-corrected chi connectivity index (χ2v) is 5.42. The quantitative estimate of drug-likeness (QED) is 0.507. The first kappa shape index (κ1) is 17.9. The number of hydrogen-bond donors (Lipinski definition) is 1. The van der Waals surface area contributed by atoms with Crippen LogP contribution >= 0.6 is 0 Å². The summed E-state index contributed by atoms with van der Waals surface area (Å²) < 4.78 is 12.1. The molecule has 0 radical (unpaired) electrons. The van der Waals surface area contributed by atoms with Crippen LogP contribution in [0.2, 0.25) is 0 Å². The van der Waals surface area contributed by atoms with Gasteiger partial charge in [0.05, 0.1) is 23.8 Å². The number of carbonyl (C=O) groups is 1. The lowest BCUT2D eigenvalue weighted by atomic mass is 10.2. The summed E-state index contributed by atoms with van der Waals surface area (Å²) >= 11 is 0. The maximum atomic E-state index is 12.4. The highest BCUT2D eigenvalue weighted by atomic mass is 16.6. The zero-order chi connectivity index (χ0) is 19.2. The van der Waals surface area contributed by atoms with E-state index in [1.807, 2.05) is 30.3 Å². The van der Waals surface area contributed by atoms with Crippen LogP contribution in [0.15, 0.2) is 60.8 Å². The van der Waals surface area contributed by atoms with Crippen molar-refractivity contribution in [3.63, 3.8) is 0 Å². The van der Waals surface area contributed by atoms with Gasteiger partial charge in [-0.2, -0.15) is 5.10 Å². The molecule has 0 atom stereocenters. The summed E-state index contributed by atoms with van der Waals surface area (Å²) in [5, 5.41) is 17.6. The van der Waals surface area contributed by atoms with Crippen molar-refractivity contribution in [1.82, 2.24) is 9.78 Å². The number of benzene rings is 2. The summed E-state index contributed by atoms with van der Waals surface area (Å²) in [6.45, 7) is 0.151. The molecule has 138 valence electrons. The molecular formula is C18H16N4O5. The Morgan fingerprint density at radius 1 is 1.22 bits per heavy atom. The predicted octanol–water partition coefficient (Wildman–Crippen LogP) is 3.09. The molecule has 1 N–H and O–H groups in total. The molecule has 0 aliphatic rings. The average molecular weight is 368 g/mol. The van der Waals surface area contributed by atoms with Gasteiger partial charge in [-0.15, -0.1) is 0 Å². The fourth-order valence-corrected chi connectivity index (χ4v) is 2.30. The summed E-state index contributed by atoms with van der Waals surface area (Å²) in [7, 11) is 1.37. The molecule has 0 unspecified atom stereocenters. The van der Waals surface area contributed by atoms with E-state index in [1.54, 1.807) is 12.3 Å². The summed E-state index contributed by atoms with van der Waals surface area (Å²) in [6.07, 6.45) is 1.62. The third kappa shape index (κ3) is 4.40. The fourth-order valence-electron chi connectivity index (χ4n) is 2.30. The molecule has 2 aromatic carbocycles. The van der Waals surface area contributed by atoms with Crippen molar-refractivity contribution >= 4 is 17.3 Å². The van der Waals surface area contributed by atoms with Gasteiger partial charge in [0.15, 0.2) is 12.4 Å². The highest BCUT2D eigenvalue weighted by Crippen LogP contribution is 2.29. The number of nitrogens with zero attached hydrogens (tertiary/aromatic N) is 3. The van der Waals surface area contributed by atoms with Crippen molar-refractivity contribution in [1.29, 1.82) is 0 Å². The Kier molecular flexibility index (Phi) is 5.31. The number of aromatic nitrogens is 2. The van der Waals surface area contributed by atoms with Crippen LogP contribution in [0.25, 0.3) is 0 Å². The molecule has 3 rings (SSSR count). The Balaban J connectivity index is 1.66. The van der Waals surface area contributed by atoms with Crippen LogP contribution < -0.4 is 14.8 Å². The number of nitro groups is 1. The molecule has 0 bridgehead atoms. The molecule has 27 heavy (non-hydrogen) atoms. The Hall–Kier alpha value is -3.88. The summed E-state index contributed by atoms with van der Waals surface area (Å²) in [5.74, 6) is 0.402. The van der Waals surface area contributed by atoms with E-state index in [9.17, 15) is 14.9 Å². The van der Waals surface area contributed by atoms with Crippen LogP contribution in [0.1, 0.15) is 10.5 Å². The van der Waals surface area contributed by atoms with Gasteiger partial charge in [-0.25, -0.2) is 4.68 Å². The molecule has 1 heterocycles. The number of hydrogen-bond acceptors (Lipinski definition) is 6. The van der Waals surface area contributed by atoms with E-state index in [4.69, 9.17) is 9.47 Å². The van der Waals surface area contributed by atoms with Gasteiger partial charge < -0.3 is 14.8 Å². The third-order valence-electron chi connectivity index (χ3n) is 3.62. The molecule has 0 aliphatic heterocycles. The van der Waals surface area contributed by atoms with Crippen LogP contribution in [0.4, 0.5) is 11.4 Å². The highest BCUT2D eigenvalue weighted by molar-refractivity contribution is 6.03. The number of para-hydroxylation sites is 1. The van der Waals surface area contributed by atoms with E-state index in [-0.39, 0.29) is 23.9 Å². The van der Waals surface area contributed by atoms with E-state index in [1.165, 1.54) is 30.0 Å². The van der Waals surface area contributed by atoms with Crippen molar-refractivity contribution in [3.05, 3.63) is 76.6 Å². The van der Waals surface area contributed by atoms with E-state index in [0.29, 0.717) is 11.4 Å². The van der Waals surface area contributed by atoms with Crippen molar-refractivity contribution in [2.75, 3.05) is 12.4 Å². The third-order valence-corrected chi connectivity index (χ3v) is 3.62. The first-order chi connectivity index (χ1) is 13.1. The largest absolute Gasteiger partial charge is 0.494 e. The SMILES string of the molecule is COc1cc([N+](=O)[O-])ccc1NC(=O)c1ccn(COc2ccccc2)n1. The summed E-state index contributed by atoms with van der Waals surface area (Å²) in [6, 6.07) is 14.7. The minimum Gasteiger partial charge on any atom is -0.494 e. The molecule has 9 nitrogen and oxygen atoms in total. The van der Waals surface area contributed by atoms with Gasteiger partial charge in [-0.1, -0.05) is 18.2 Å². The monoisotopic (exact) mass is 368 g/mol. The molecule has 0 saturated heterocycles. The lowest BCUT2D eigenvalue weighted by Crippen LogP contribution is -2.15.